The van der Waals surface area contributed by atoms with Gasteiger partial charge in [0.15, 0.2) is 0 Å². The van der Waals surface area contributed by atoms with Crippen molar-refractivity contribution in [1.29, 1.82) is 0 Å². The maximum Gasteiger partial charge on any atom is 0.254 e. The van der Waals surface area contributed by atoms with Crippen molar-refractivity contribution in [3.05, 3.63) is 35.9 Å². The molecule has 2 amide bonds. The van der Waals surface area contributed by atoms with Crippen molar-refractivity contribution in [2.24, 2.45) is 5.73 Å². The third-order valence-corrected chi connectivity index (χ3v) is 1.95. The molecule has 86 valence electrons. The summed E-state index contributed by atoms with van der Waals surface area (Å²) in [6, 6.07) is 8.61. The first-order valence-corrected chi connectivity index (χ1v) is 4.98. The number of hydrogen-bond acceptors (Lipinski definition) is 3. The fraction of sp³-hybridized carbons (Fsp3) is 0.273. The van der Waals surface area contributed by atoms with E-state index < -0.39 is 11.9 Å². The van der Waals surface area contributed by atoms with Crippen LogP contribution < -0.4 is 16.6 Å². The van der Waals surface area contributed by atoms with Gasteiger partial charge >= 0.3 is 0 Å². The number of nitrogens with two attached hydrogens (primary N) is 1. The molecule has 1 rings (SSSR count). The summed E-state index contributed by atoms with van der Waals surface area (Å²) in [6.45, 7) is 1.54. The zero-order valence-electron chi connectivity index (χ0n) is 9.07. The molecule has 16 heavy (non-hydrogen) atoms. The van der Waals surface area contributed by atoms with Crippen molar-refractivity contribution < 1.29 is 9.59 Å². The first-order valence-electron chi connectivity index (χ1n) is 4.98. The van der Waals surface area contributed by atoms with Crippen LogP contribution in [0.4, 0.5) is 0 Å². The van der Waals surface area contributed by atoms with Crippen LogP contribution >= 0.6 is 0 Å². The third kappa shape index (κ3) is 4.10. The van der Waals surface area contributed by atoms with E-state index in [2.05, 4.69) is 10.9 Å². The van der Waals surface area contributed by atoms with Crippen LogP contribution in [0.2, 0.25) is 0 Å². The highest BCUT2D eigenvalue weighted by molar-refractivity contribution is 5.85. The molecule has 0 aromatic heterocycles. The molecule has 0 aliphatic carbocycles. The molecule has 0 spiro atoms. The number of carbonyl (C=O) groups is 2. The number of carbonyl (C=O) groups excluding carboxylic acids is 2. The monoisotopic (exact) mass is 221 g/mol. The molecule has 5 heteroatoms. The van der Waals surface area contributed by atoms with Gasteiger partial charge in [-0.15, -0.1) is 0 Å². The van der Waals surface area contributed by atoms with Gasteiger partial charge in [-0.1, -0.05) is 30.3 Å². The Morgan fingerprint density at radius 3 is 2.44 bits per heavy atom. The number of amides is 2. The number of hydrogen-bond donors (Lipinski definition) is 3. The lowest BCUT2D eigenvalue weighted by molar-refractivity contribution is -0.129. The fourth-order valence-corrected chi connectivity index (χ4v) is 1.07. The van der Waals surface area contributed by atoms with Gasteiger partial charge in [0.1, 0.15) is 0 Å². The second-order valence-corrected chi connectivity index (χ2v) is 3.49. The van der Waals surface area contributed by atoms with Crippen LogP contribution in [0.25, 0.3) is 0 Å². The molecule has 0 heterocycles. The van der Waals surface area contributed by atoms with Crippen molar-refractivity contribution in [3.63, 3.8) is 0 Å². The van der Waals surface area contributed by atoms with Gasteiger partial charge < -0.3 is 5.73 Å². The predicted molar refractivity (Wildman–Crippen MR) is 60.1 cm³/mol. The predicted octanol–water partition coefficient (Wildman–Crippen LogP) is -0.276. The van der Waals surface area contributed by atoms with Crippen LogP contribution in [0.15, 0.2) is 30.3 Å². The van der Waals surface area contributed by atoms with Crippen molar-refractivity contribution in [2.75, 3.05) is 0 Å². The SMILES string of the molecule is CC(N)C(=O)NNC(=O)Cc1ccccc1. The van der Waals surface area contributed by atoms with Crippen molar-refractivity contribution in [2.45, 2.75) is 19.4 Å². The van der Waals surface area contributed by atoms with E-state index in [0.717, 1.165) is 5.56 Å². The van der Waals surface area contributed by atoms with Crippen LogP contribution in [0.5, 0.6) is 0 Å². The molecule has 0 fully saturated rings. The summed E-state index contributed by atoms with van der Waals surface area (Å²) >= 11 is 0. The summed E-state index contributed by atoms with van der Waals surface area (Å²) in [5.41, 5.74) is 10.7. The molecule has 5 nitrogen and oxygen atoms in total. The minimum Gasteiger partial charge on any atom is -0.320 e. The van der Waals surface area contributed by atoms with Gasteiger partial charge in [0.05, 0.1) is 12.5 Å². The van der Waals surface area contributed by atoms with Crippen molar-refractivity contribution in [3.8, 4) is 0 Å². The quantitative estimate of drug-likeness (QED) is 0.614. The summed E-state index contributed by atoms with van der Waals surface area (Å²) in [7, 11) is 0. The number of benzene rings is 1. The van der Waals surface area contributed by atoms with Crippen LogP contribution in [0, 0.1) is 0 Å². The molecule has 0 saturated heterocycles. The molecule has 0 aliphatic rings. The lowest BCUT2D eigenvalue weighted by atomic mass is 10.1. The zero-order valence-corrected chi connectivity index (χ0v) is 9.07. The maximum absolute atomic E-state index is 11.4. The fourth-order valence-electron chi connectivity index (χ4n) is 1.07. The van der Waals surface area contributed by atoms with E-state index in [0.29, 0.717) is 0 Å². The van der Waals surface area contributed by atoms with Gasteiger partial charge in [0.25, 0.3) is 5.91 Å². The maximum atomic E-state index is 11.4. The Morgan fingerprint density at radius 1 is 1.25 bits per heavy atom. The Morgan fingerprint density at radius 2 is 1.88 bits per heavy atom. The largest absolute Gasteiger partial charge is 0.320 e. The Kier molecular flexibility index (Phi) is 4.47. The van der Waals surface area contributed by atoms with Crippen LogP contribution in [-0.4, -0.2) is 17.9 Å². The van der Waals surface area contributed by atoms with E-state index in [1.807, 2.05) is 30.3 Å². The highest BCUT2D eigenvalue weighted by atomic mass is 16.2. The summed E-state index contributed by atoms with van der Waals surface area (Å²) in [5, 5.41) is 0. The molecule has 1 aromatic carbocycles. The van der Waals surface area contributed by atoms with E-state index >= 15 is 0 Å². The van der Waals surface area contributed by atoms with E-state index in [1.54, 1.807) is 6.92 Å². The van der Waals surface area contributed by atoms with Gasteiger partial charge in [0.2, 0.25) is 5.91 Å². The summed E-state index contributed by atoms with van der Waals surface area (Å²) in [5.74, 6) is -0.693. The lowest BCUT2D eigenvalue weighted by Crippen LogP contribution is -2.48. The molecule has 0 saturated carbocycles. The first kappa shape index (κ1) is 12.2. The summed E-state index contributed by atoms with van der Waals surface area (Å²) in [6.07, 6.45) is 0.222. The average Bonchev–Trinajstić information content (AvgIpc) is 2.27. The van der Waals surface area contributed by atoms with Crippen molar-refractivity contribution in [1.82, 2.24) is 10.9 Å². The smallest absolute Gasteiger partial charge is 0.254 e. The van der Waals surface area contributed by atoms with Gasteiger partial charge in [-0.2, -0.15) is 0 Å². The molecule has 1 unspecified atom stereocenters. The Labute approximate surface area is 94.0 Å². The van der Waals surface area contributed by atoms with E-state index in [-0.39, 0.29) is 12.3 Å². The second-order valence-electron chi connectivity index (χ2n) is 3.49. The molecule has 0 radical (unpaired) electrons. The van der Waals surface area contributed by atoms with Gasteiger partial charge in [-0.3, -0.25) is 20.4 Å². The highest BCUT2D eigenvalue weighted by Crippen LogP contribution is 1.98. The van der Waals surface area contributed by atoms with Crippen LogP contribution in [-0.2, 0) is 16.0 Å². The standard InChI is InChI=1S/C11H15N3O2/c1-8(12)11(16)14-13-10(15)7-9-5-3-2-4-6-9/h2-6,8H,7,12H2,1H3,(H,13,15)(H,14,16). The molecule has 1 aromatic rings. The van der Waals surface area contributed by atoms with E-state index in [4.69, 9.17) is 5.73 Å². The zero-order chi connectivity index (χ0) is 12.0. The second kappa shape index (κ2) is 5.87. The van der Waals surface area contributed by atoms with E-state index in [1.165, 1.54) is 0 Å². The number of hydrazine groups is 1. The normalized spacial score (nSPS) is 11.6. The van der Waals surface area contributed by atoms with Gasteiger partial charge in [-0.25, -0.2) is 0 Å². The Balaban J connectivity index is 2.35. The molecule has 0 bridgehead atoms. The molecular formula is C11H15N3O2. The third-order valence-electron chi connectivity index (χ3n) is 1.95. The van der Waals surface area contributed by atoms with Crippen molar-refractivity contribution >= 4 is 11.8 Å². The minimum atomic E-state index is -0.642. The molecule has 1 atom stereocenters. The highest BCUT2D eigenvalue weighted by Gasteiger charge is 2.08. The van der Waals surface area contributed by atoms with Gasteiger partial charge in [0, 0.05) is 0 Å². The lowest BCUT2D eigenvalue weighted by Gasteiger charge is -2.09. The molecular weight excluding hydrogens is 206 g/mol. The Hall–Kier alpha value is -1.88. The number of nitrogens with one attached hydrogen (secondary N) is 2. The van der Waals surface area contributed by atoms with Crippen LogP contribution in [0.3, 0.4) is 0 Å². The summed E-state index contributed by atoms with van der Waals surface area (Å²) < 4.78 is 0. The van der Waals surface area contributed by atoms with E-state index in [9.17, 15) is 9.59 Å². The minimum absolute atomic E-state index is 0.222. The van der Waals surface area contributed by atoms with Gasteiger partial charge in [-0.05, 0) is 12.5 Å². The average molecular weight is 221 g/mol. The first-order chi connectivity index (χ1) is 7.59. The Bertz CT molecular complexity index is 363. The van der Waals surface area contributed by atoms with Crippen LogP contribution in [0.1, 0.15) is 12.5 Å². The molecule has 4 N–H and O–H groups in total. The topological polar surface area (TPSA) is 84.2 Å². The number of rotatable bonds is 3. The molecule has 0 aliphatic heterocycles. The summed E-state index contributed by atoms with van der Waals surface area (Å²) in [4.78, 5) is 22.4.